The van der Waals surface area contributed by atoms with Gasteiger partial charge in [-0.2, -0.15) is 0 Å². The van der Waals surface area contributed by atoms with Gasteiger partial charge in [-0.05, 0) is 44.4 Å². The Morgan fingerprint density at radius 1 is 1.18 bits per heavy atom. The van der Waals surface area contributed by atoms with Crippen molar-refractivity contribution >= 4 is 6.03 Å². The maximum Gasteiger partial charge on any atom is 0.317 e. The lowest BCUT2D eigenvalue weighted by atomic mass is 10.1. The van der Waals surface area contributed by atoms with Crippen molar-refractivity contribution in [2.45, 2.75) is 27.7 Å². The highest BCUT2D eigenvalue weighted by Crippen LogP contribution is 2.25. The highest BCUT2D eigenvalue weighted by atomic mass is 16.5. The van der Waals surface area contributed by atoms with Gasteiger partial charge in [0, 0.05) is 6.54 Å². The summed E-state index contributed by atoms with van der Waals surface area (Å²) in [6, 6.07) is 3.87. The summed E-state index contributed by atoms with van der Waals surface area (Å²) in [5, 5.41) is 5.28. The Bertz CT molecular complexity index is 403. The van der Waals surface area contributed by atoms with Gasteiger partial charge in [0.15, 0.2) is 6.73 Å². The van der Waals surface area contributed by atoms with E-state index >= 15 is 0 Å². The molecule has 0 aliphatic heterocycles. The molecule has 0 heterocycles. The summed E-state index contributed by atoms with van der Waals surface area (Å²) in [6.45, 7) is 8.71. The second-order valence-corrected chi connectivity index (χ2v) is 3.98. The van der Waals surface area contributed by atoms with Gasteiger partial charge in [-0.1, -0.05) is 12.1 Å². The molecule has 0 aliphatic rings. The van der Waals surface area contributed by atoms with Crippen molar-refractivity contribution < 1.29 is 9.53 Å². The van der Waals surface area contributed by atoms with E-state index in [0.717, 1.165) is 16.9 Å². The standard InChI is InChI=1S/C13H20N2O2/c1-5-14-13(16)15-8-17-12-10(3)7-6-9(2)11(12)4/h6-7H,5,8H2,1-4H3,(H2,14,15,16). The van der Waals surface area contributed by atoms with Crippen molar-refractivity contribution in [3.05, 3.63) is 28.8 Å². The number of rotatable bonds is 4. The van der Waals surface area contributed by atoms with Gasteiger partial charge in [-0.15, -0.1) is 0 Å². The molecule has 2 N–H and O–H groups in total. The lowest BCUT2D eigenvalue weighted by Crippen LogP contribution is -2.37. The van der Waals surface area contributed by atoms with Crippen molar-refractivity contribution in [2.75, 3.05) is 13.3 Å². The molecule has 2 amide bonds. The monoisotopic (exact) mass is 236 g/mol. The van der Waals surface area contributed by atoms with E-state index in [1.807, 2.05) is 33.8 Å². The van der Waals surface area contributed by atoms with Crippen LogP contribution in [0.4, 0.5) is 4.79 Å². The van der Waals surface area contributed by atoms with E-state index in [4.69, 9.17) is 4.74 Å². The second-order valence-electron chi connectivity index (χ2n) is 3.98. The van der Waals surface area contributed by atoms with E-state index in [-0.39, 0.29) is 12.8 Å². The highest BCUT2D eigenvalue weighted by Gasteiger charge is 2.06. The van der Waals surface area contributed by atoms with E-state index in [1.165, 1.54) is 5.56 Å². The van der Waals surface area contributed by atoms with Gasteiger partial charge in [0.05, 0.1) is 0 Å². The van der Waals surface area contributed by atoms with E-state index in [1.54, 1.807) is 0 Å². The number of hydrogen-bond donors (Lipinski definition) is 2. The lowest BCUT2D eigenvalue weighted by Gasteiger charge is -2.14. The molecular formula is C13H20N2O2. The molecule has 0 unspecified atom stereocenters. The molecule has 0 fully saturated rings. The van der Waals surface area contributed by atoms with E-state index < -0.39 is 0 Å². The Morgan fingerprint density at radius 3 is 2.47 bits per heavy atom. The van der Waals surface area contributed by atoms with Crippen molar-refractivity contribution in [2.24, 2.45) is 0 Å². The van der Waals surface area contributed by atoms with Crippen LogP contribution in [-0.4, -0.2) is 19.3 Å². The molecule has 94 valence electrons. The number of carbonyl (C=O) groups is 1. The minimum atomic E-state index is -0.213. The molecule has 0 bridgehead atoms. The van der Waals surface area contributed by atoms with E-state index in [9.17, 15) is 4.79 Å². The number of nitrogens with one attached hydrogen (secondary N) is 2. The third-order valence-electron chi connectivity index (χ3n) is 2.66. The average Bonchev–Trinajstić information content (AvgIpc) is 2.29. The predicted octanol–water partition coefficient (Wildman–Crippen LogP) is 2.27. The van der Waals surface area contributed by atoms with Gasteiger partial charge in [-0.25, -0.2) is 4.79 Å². The first-order valence-electron chi connectivity index (χ1n) is 5.77. The Morgan fingerprint density at radius 2 is 1.82 bits per heavy atom. The second kappa shape index (κ2) is 6.13. The maximum absolute atomic E-state index is 11.2. The first-order chi connectivity index (χ1) is 8.06. The number of benzene rings is 1. The molecule has 17 heavy (non-hydrogen) atoms. The molecule has 4 nitrogen and oxygen atoms in total. The van der Waals surface area contributed by atoms with Crippen molar-refractivity contribution in [3.63, 3.8) is 0 Å². The smallest absolute Gasteiger partial charge is 0.317 e. The molecule has 0 aliphatic carbocycles. The molecule has 1 aromatic rings. The highest BCUT2D eigenvalue weighted by molar-refractivity contribution is 5.73. The SMILES string of the molecule is CCNC(=O)NCOc1c(C)ccc(C)c1C. The average molecular weight is 236 g/mol. The van der Waals surface area contributed by atoms with Gasteiger partial charge >= 0.3 is 6.03 Å². The number of urea groups is 1. The molecule has 0 radical (unpaired) electrons. The number of carbonyl (C=O) groups excluding carboxylic acids is 1. The van der Waals surface area contributed by atoms with Crippen LogP contribution in [0.25, 0.3) is 0 Å². The molecule has 1 aromatic carbocycles. The van der Waals surface area contributed by atoms with Crippen LogP contribution in [0, 0.1) is 20.8 Å². The van der Waals surface area contributed by atoms with Crippen molar-refractivity contribution in [1.29, 1.82) is 0 Å². The van der Waals surface area contributed by atoms with Crippen LogP contribution in [-0.2, 0) is 0 Å². The van der Waals surface area contributed by atoms with Gasteiger partial charge in [0.2, 0.25) is 0 Å². The van der Waals surface area contributed by atoms with Crippen LogP contribution >= 0.6 is 0 Å². The van der Waals surface area contributed by atoms with Crippen LogP contribution in [0.3, 0.4) is 0 Å². The Hall–Kier alpha value is -1.71. The predicted molar refractivity (Wildman–Crippen MR) is 68.4 cm³/mol. The van der Waals surface area contributed by atoms with Crippen LogP contribution in [0.1, 0.15) is 23.6 Å². The third-order valence-corrected chi connectivity index (χ3v) is 2.66. The van der Waals surface area contributed by atoms with Gasteiger partial charge < -0.3 is 15.4 Å². The zero-order valence-electron chi connectivity index (χ0n) is 10.9. The fraction of sp³-hybridized carbons (Fsp3) is 0.462. The summed E-state index contributed by atoms with van der Waals surface area (Å²) in [5.41, 5.74) is 3.37. The largest absolute Gasteiger partial charge is 0.473 e. The molecule has 1 rings (SSSR count). The Balaban J connectivity index is 2.58. The first kappa shape index (κ1) is 13.4. The van der Waals surface area contributed by atoms with E-state index in [0.29, 0.717) is 6.54 Å². The Labute approximate surface area is 102 Å². The lowest BCUT2D eigenvalue weighted by molar-refractivity contribution is 0.224. The minimum absolute atomic E-state index is 0.178. The zero-order valence-corrected chi connectivity index (χ0v) is 10.9. The molecule has 0 saturated heterocycles. The molecule has 0 atom stereocenters. The normalized spacial score (nSPS) is 9.88. The Kier molecular flexibility index (Phi) is 4.82. The van der Waals surface area contributed by atoms with Crippen molar-refractivity contribution in [1.82, 2.24) is 10.6 Å². The third kappa shape index (κ3) is 3.66. The molecule has 0 aromatic heterocycles. The van der Waals surface area contributed by atoms with Crippen molar-refractivity contribution in [3.8, 4) is 5.75 Å². The summed E-state index contributed by atoms with van der Waals surface area (Å²) in [4.78, 5) is 11.2. The first-order valence-corrected chi connectivity index (χ1v) is 5.77. The fourth-order valence-corrected chi connectivity index (χ4v) is 1.54. The minimum Gasteiger partial charge on any atom is -0.473 e. The van der Waals surface area contributed by atoms with Gasteiger partial charge in [-0.3, -0.25) is 0 Å². The fourth-order valence-electron chi connectivity index (χ4n) is 1.54. The number of ether oxygens (including phenoxy) is 1. The van der Waals surface area contributed by atoms with E-state index in [2.05, 4.69) is 16.7 Å². The zero-order chi connectivity index (χ0) is 12.8. The summed E-state index contributed by atoms with van der Waals surface area (Å²) in [7, 11) is 0. The van der Waals surface area contributed by atoms with Crippen LogP contribution in [0.5, 0.6) is 5.75 Å². The van der Waals surface area contributed by atoms with Gasteiger partial charge in [0.1, 0.15) is 5.75 Å². The molecule has 4 heteroatoms. The number of hydrogen-bond acceptors (Lipinski definition) is 2. The summed E-state index contributed by atoms with van der Waals surface area (Å²) >= 11 is 0. The molecule has 0 saturated carbocycles. The van der Waals surface area contributed by atoms with Gasteiger partial charge in [0.25, 0.3) is 0 Å². The number of amides is 2. The quantitative estimate of drug-likeness (QED) is 0.788. The maximum atomic E-state index is 11.2. The number of aryl methyl sites for hydroxylation is 2. The topological polar surface area (TPSA) is 50.4 Å². The summed E-state index contributed by atoms with van der Waals surface area (Å²) < 4.78 is 5.59. The molecule has 0 spiro atoms. The van der Waals surface area contributed by atoms with Crippen LogP contribution in [0.2, 0.25) is 0 Å². The summed E-state index contributed by atoms with van der Waals surface area (Å²) in [5.74, 6) is 0.849. The molecular weight excluding hydrogens is 216 g/mol. The van der Waals surface area contributed by atoms with Crippen LogP contribution < -0.4 is 15.4 Å². The summed E-state index contributed by atoms with van der Waals surface area (Å²) in [6.07, 6.45) is 0. The van der Waals surface area contributed by atoms with Crippen LogP contribution in [0.15, 0.2) is 12.1 Å².